The zero-order valence-corrected chi connectivity index (χ0v) is 10.7. The number of amides is 1. The molecule has 2 N–H and O–H groups in total. The second-order valence-electron chi connectivity index (χ2n) is 4.33. The van der Waals surface area contributed by atoms with Gasteiger partial charge in [0.2, 0.25) is 0 Å². The van der Waals surface area contributed by atoms with Crippen LogP contribution in [0.1, 0.15) is 15.9 Å². The van der Waals surface area contributed by atoms with Crippen molar-refractivity contribution in [3.8, 4) is 5.75 Å². The van der Waals surface area contributed by atoms with Crippen LogP contribution in [0.25, 0.3) is 0 Å². The largest absolute Gasteiger partial charge is 0.508 e. The van der Waals surface area contributed by atoms with Crippen LogP contribution in [0.2, 0.25) is 0 Å². The van der Waals surface area contributed by atoms with Gasteiger partial charge in [0, 0.05) is 32.1 Å². The molecular weight excluding hydrogens is 262 g/mol. The maximum Gasteiger partial charge on any atom is 0.282 e. The molecule has 0 atom stereocenters. The fraction of sp³-hybridized carbons (Fsp3) is 0.154. The van der Waals surface area contributed by atoms with Gasteiger partial charge in [0.25, 0.3) is 11.6 Å². The molecule has 0 saturated heterocycles. The molecule has 0 spiro atoms. The minimum absolute atomic E-state index is 0.161. The molecule has 0 aliphatic rings. The van der Waals surface area contributed by atoms with Crippen molar-refractivity contribution in [2.24, 2.45) is 7.05 Å². The summed E-state index contributed by atoms with van der Waals surface area (Å²) in [5.74, 6) is -0.795. The highest BCUT2D eigenvalue weighted by Gasteiger charge is 2.20. The summed E-state index contributed by atoms with van der Waals surface area (Å²) in [5, 5.41) is 22.8. The molecule has 7 nitrogen and oxygen atoms in total. The van der Waals surface area contributed by atoms with Gasteiger partial charge < -0.3 is 15.0 Å². The molecule has 104 valence electrons. The highest BCUT2D eigenvalue weighted by Crippen LogP contribution is 2.23. The lowest BCUT2D eigenvalue weighted by atomic mass is 10.1. The summed E-state index contributed by atoms with van der Waals surface area (Å²) in [6.07, 6.45) is 3.66. The minimum Gasteiger partial charge on any atom is -0.508 e. The highest BCUT2D eigenvalue weighted by atomic mass is 16.6. The first-order valence-corrected chi connectivity index (χ1v) is 5.84. The lowest BCUT2D eigenvalue weighted by Crippen LogP contribution is -2.23. The quantitative estimate of drug-likeness (QED) is 0.653. The van der Waals surface area contributed by atoms with Crippen molar-refractivity contribution in [1.29, 1.82) is 0 Å². The first kappa shape index (κ1) is 13.6. The van der Waals surface area contributed by atoms with E-state index >= 15 is 0 Å². The number of carbonyl (C=O) groups is 1. The van der Waals surface area contributed by atoms with E-state index in [0.717, 1.165) is 17.7 Å². The second kappa shape index (κ2) is 5.43. The fourth-order valence-corrected chi connectivity index (χ4v) is 1.81. The molecule has 0 radical (unpaired) electrons. The van der Waals surface area contributed by atoms with Gasteiger partial charge >= 0.3 is 0 Å². The molecule has 1 amide bonds. The second-order valence-corrected chi connectivity index (χ2v) is 4.33. The fourth-order valence-electron chi connectivity index (χ4n) is 1.81. The van der Waals surface area contributed by atoms with E-state index in [1.807, 2.05) is 30.1 Å². The summed E-state index contributed by atoms with van der Waals surface area (Å²) in [7, 11) is 1.85. The summed E-state index contributed by atoms with van der Waals surface area (Å²) in [6, 6.07) is 5.19. The third-order valence-corrected chi connectivity index (χ3v) is 2.77. The summed E-state index contributed by atoms with van der Waals surface area (Å²) in [6.45, 7) is 0.256. The first-order valence-electron chi connectivity index (χ1n) is 5.84. The van der Waals surface area contributed by atoms with Crippen LogP contribution in [0, 0.1) is 10.1 Å². The number of phenols is 1. The molecule has 2 aromatic rings. The molecule has 1 heterocycles. The molecule has 0 saturated carbocycles. The number of benzene rings is 1. The van der Waals surface area contributed by atoms with E-state index < -0.39 is 10.8 Å². The molecule has 0 fully saturated rings. The molecule has 0 aliphatic heterocycles. The van der Waals surface area contributed by atoms with Crippen LogP contribution >= 0.6 is 0 Å². The van der Waals surface area contributed by atoms with E-state index in [2.05, 4.69) is 5.32 Å². The van der Waals surface area contributed by atoms with E-state index in [4.69, 9.17) is 0 Å². The van der Waals surface area contributed by atoms with Crippen molar-refractivity contribution >= 4 is 11.6 Å². The Labute approximate surface area is 114 Å². The van der Waals surface area contributed by atoms with Crippen LogP contribution in [0.3, 0.4) is 0 Å². The van der Waals surface area contributed by atoms with Gasteiger partial charge in [-0.1, -0.05) is 0 Å². The van der Waals surface area contributed by atoms with Crippen LogP contribution in [0.5, 0.6) is 5.75 Å². The number of hydrogen-bond acceptors (Lipinski definition) is 4. The molecule has 2 rings (SSSR count). The van der Waals surface area contributed by atoms with Gasteiger partial charge in [-0.25, -0.2) is 0 Å². The number of phenolic OH excluding ortho intramolecular Hbond substituents is 1. The third-order valence-electron chi connectivity index (χ3n) is 2.77. The van der Waals surface area contributed by atoms with Crippen molar-refractivity contribution in [3.63, 3.8) is 0 Å². The van der Waals surface area contributed by atoms with Crippen molar-refractivity contribution in [2.45, 2.75) is 6.54 Å². The van der Waals surface area contributed by atoms with E-state index in [1.165, 1.54) is 6.07 Å². The van der Waals surface area contributed by atoms with Crippen molar-refractivity contribution < 1.29 is 14.8 Å². The average Bonchev–Trinajstić information content (AvgIpc) is 2.81. The average molecular weight is 275 g/mol. The van der Waals surface area contributed by atoms with Gasteiger partial charge in [-0.15, -0.1) is 0 Å². The minimum atomic E-state index is -0.656. The number of aryl methyl sites for hydroxylation is 1. The van der Waals surface area contributed by atoms with Gasteiger partial charge in [0.15, 0.2) is 0 Å². The van der Waals surface area contributed by atoms with Crippen LogP contribution in [-0.2, 0) is 13.6 Å². The van der Waals surface area contributed by atoms with Crippen molar-refractivity contribution in [1.82, 2.24) is 9.88 Å². The summed E-state index contributed by atoms with van der Waals surface area (Å²) in [5.41, 5.74) is 0.378. The lowest BCUT2D eigenvalue weighted by molar-refractivity contribution is -0.385. The molecule has 1 aromatic carbocycles. The Hall–Kier alpha value is -2.83. The number of nitrogens with zero attached hydrogens (tertiary/aromatic N) is 2. The summed E-state index contributed by atoms with van der Waals surface area (Å²) < 4.78 is 1.83. The van der Waals surface area contributed by atoms with Gasteiger partial charge in [0.05, 0.1) is 4.92 Å². The van der Waals surface area contributed by atoms with Gasteiger partial charge in [-0.2, -0.15) is 0 Å². The standard InChI is InChI=1S/C13H13N3O4/c1-15-5-4-9(8-15)7-14-13(18)11-6-10(17)2-3-12(11)16(19)20/h2-6,8,17H,7H2,1H3,(H,14,18). The van der Waals surface area contributed by atoms with Crippen molar-refractivity contribution in [2.75, 3.05) is 0 Å². The molecule has 1 aromatic heterocycles. The number of aromatic hydroxyl groups is 1. The smallest absolute Gasteiger partial charge is 0.282 e. The number of nitro benzene ring substituents is 1. The monoisotopic (exact) mass is 275 g/mol. The number of nitrogens with one attached hydrogen (secondary N) is 1. The number of rotatable bonds is 4. The highest BCUT2D eigenvalue weighted by molar-refractivity contribution is 5.98. The van der Waals surface area contributed by atoms with Gasteiger partial charge in [-0.05, 0) is 23.8 Å². The Balaban J connectivity index is 2.16. The molecule has 7 heteroatoms. The zero-order valence-electron chi connectivity index (χ0n) is 10.7. The molecule has 20 heavy (non-hydrogen) atoms. The maximum atomic E-state index is 12.0. The Morgan fingerprint density at radius 1 is 1.45 bits per heavy atom. The molecule has 0 bridgehead atoms. The van der Waals surface area contributed by atoms with Crippen molar-refractivity contribution in [3.05, 3.63) is 57.9 Å². The van der Waals surface area contributed by atoms with E-state index in [9.17, 15) is 20.0 Å². The first-order chi connectivity index (χ1) is 9.47. The van der Waals surface area contributed by atoms with Crippen LogP contribution in [0.4, 0.5) is 5.69 Å². The number of carbonyl (C=O) groups excluding carboxylic acids is 1. The Morgan fingerprint density at radius 2 is 2.20 bits per heavy atom. The zero-order chi connectivity index (χ0) is 14.7. The van der Waals surface area contributed by atoms with Crippen LogP contribution in [-0.4, -0.2) is 20.5 Å². The Kier molecular flexibility index (Phi) is 3.69. The maximum absolute atomic E-state index is 12.0. The number of aromatic nitrogens is 1. The number of nitro groups is 1. The normalized spacial score (nSPS) is 10.2. The molecule has 0 aliphatic carbocycles. The molecular formula is C13H13N3O4. The topological polar surface area (TPSA) is 97.4 Å². The predicted molar refractivity (Wildman–Crippen MR) is 71.3 cm³/mol. The van der Waals surface area contributed by atoms with E-state index in [0.29, 0.717) is 0 Å². The summed E-state index contributed by atoms with van der Waals surface area (Å²) in [4.78, 5) is 22.2. The molecule has 0 unspecified atom stereocenters. The van der Waals surface area contributed by atoms with Crippen LogP contribution in [0.15, 0.2) is 36.7 Å². The Morgan fingerprint density at radius 3 is 2.80 bits per heavy atom. The Bertz CT molecular complexity index is 663. The van der Waals surface area contributed by atoms with Crippen LogP contribution < -0.4 is 5.32 Å². The lowest BCUT2D eigenvalue weighted by Gasteiger charge is -2.05. The van der Waals surface area contributed by atoms with Gasteiger partial charge in [-0.3, -0.25) is 14.9 Å². The predicted octanol–water partition coefficient (Wildman–Crippen LogP) is 1.57. The van der Waals surface area contributed by atoms with E-state index in [1.54, 1.807) is 0 Å². The van der Waals surface area contributed by atoms with Gasteiger partial charge in [0.1, 0.15) is 11.3 Å². The third kappa shape index (κ3) is 2.94. The summed E-state index contributed by atoms with van der Waals surface area (Å²) >= 11 is 0. The number of hydrogen-bond donors (Lipinski definition) is 2. The SMILES string of the molecule is Cn1ccc(CNC(=O)c2cc(O)ccc2[N+](=O)[O-])c1. The van der Waals surface area contributed by atoms with E-state index in [-0.39, 0.29) is 23.5 Å².